The van der Waals surface area contributed by atoms with Crippen molar-refractivity contribution in [3.63, 3.8) is 0 Å². The molecule has 0 unspecified atom stereocenters. The normalized spacial score (nSPS) is 10.2. The van der Waals surface area contributed by atoms with Gasteiger partial charge in [-0.25, -0.2) is 4.39 Å². The first-order chi connectivity index (χ1) is 9.51. The van der Waals surface area contributed by atoms with Crippen LogP contribution in [0, 0.1) is 12.7 Å². The van der Waals surface area contributed by atoms with Crippen molar-refractivity contribution in [2.75, 3.05) is 10.7 Å². The number of halogens is 2. The number of nitrogen functional groups attached to an aromatic ring is 1. The van der Waals surface area contributed by atoms with Crippen molar-refractivity contribution in [2.24, 2.45) is 5.84 Å². The topological polar surface area (TPSA) is 67.2 Å². The Balaban J connectivity index is 2.24. The first-order valence-electron chi connectivity index (χ1n) is 5.85. The molecule has 0 heterocycles. The predicted octanol–water partition coefficient (Wildman–Crippen LogP) is 3.43. The lowest BCUT2D eigenvalue weighted by atomic mass is 10.1. The quantitative estimate of drug-likeness (QED) is 0.593. The molecule has 0 fully saturated rings. The number of carbonyl (C=O) groups excluding carboxylic acids is 1. The molecule has 0 saturated heterocycles. The van der Waals surface area contributed by atoms with Crippen LogP contribution in [0.1, 0.15) is 15.9 Å². The Morgan fingerprint density at radius 1 is 1.20 bits per heavy atom. The number of benzene rings is 2. The predicted molar refractivity (Wildman–Crippen MR) is 81.0 cm³/mol. The summed E-state index contributed by atoms with van der Waals surface area (Å²) in [5.41, 5.74) is 4.98. The molecule has 1 amide bonds. The van der Waals surface area contributed by atoms with E-state index in [1.54, 1.807) is 18.2 Å². The molecule has 0 bridgehead atoms. The number of nitrogens with two attached hydrogens (primary N) is 1. The minimum absolute atomic E-state index is 0.317. The Bertz CT molecular complexity index is 661. The summed E-state index contributed by atoms with van der Waals surface area (Å²) < 4.78 is 13.8. The van der Waals surface area contributed by atoms with Crippen LogP contribution >= 0.6 is 15.9 Å². The molecule has 2 rings (SSSR count). The summed E-state index contributed by atoms with van der Waals surface area (Å²) in [6.45, 7) is 1.84. The van der Waals surface area contributed by atoms with E-state index in [4.69, 9.17) is 5.84 Å². The second kappa shape index (κ2) is 6.02. The zero-order chi connectivity index (χ0) is 14.7. The van der Waals surface area contributed by atoms with Crippen molar-refractivity contribution in [2.45, 2.75) is 6.92 Å². The van der Waals surface area contributed by atoms with Crippen LogP contribution in [0.5, 0.6) is 0 Å². The van der Waals surface area contributed by atoms with Gasteiger partial charge in [0.05, 0.1) is 11.4 Å². The lowest BCUT2D eigenvalue weighted by Crippen LogP contribution is -2.14. The molecule has 0 atom stereocenters. The van der Waals surface area contributed by atoms with Gasteiger partial charge in [-0.2, -0.15) is 0 Å². The summed E-state index contributed by atoms with van der Waals surface area (Å²) in [4.78, 5) is 12.1. The molecule has 104 valence electrons. The van der Waals surface area contributed by atoms with Gasteiger partial charge in [0.25, 0.3) is 5.91 Å². The Hall–Kier alpha value is -1.92. The van der Waals surface area contributed by atoms with Crippen LogP contribution in [0.4, 0.5) is 15.8 Å². The third-order valence-electron chi connectivity index (χ3n) is 2.82. The van der Waals surface area contributed by atoms with Gasteiger partial charge in [-0.15, -0.1) is 0 Å². The van der Waals surface area contributed by atoms with Gasteiger partial charge in [0.2, 0.25) is 0 Å². The van der Waals surface area contributed by atoms with Crippen LogP contribution in [-0.2, 0) is 0 Å². The lowest BCUT2D eigenvalue weighted by molar-refractivity contribution is 0.102. The molecule has 0 aromatic heterocycles. The fourth-order valence-electron chi connectivity index (χ4n) is 1.75. The average Bonchev–Trinajstić information content (AvgIpc) is 2.42. The zero-order valence-electron chi connectivity index (χ0n) is 10.7. The standard InChI is InChI=1S/C14H13BrFN3O/c1-8-6-9(2-5-12(8)19-17)14(20)18-13-7-10(16)3-4-11(13)15/h2-7,19H,17H2,1H3,(H,18,20). The van der Waals surface area contributed by atoms with Crippen LogP contribution in [0.3, 0.4) is 0 Å². The van der Waals surface area contributed by atoms with Crippen LogP contribution < -0.4 is 16.6 Å². The van der Waals surface area contributed by atoms with E-state index >= 15 is 0 Å². The van der Waals surface area contributed by atoms with E-state index < -0.39 is 5.82 Å². The lowest BCUT2D eigenvalue weighted by Gasteiger charge is -2.10. The number of amides is 1. The van der Waals surface area contributed by atoms with Gasteiger partial charge in [-0.1, -0.05) is 0 Å². The van der Waals surface area contributed by atoms with E-state index in [0.29, 0.717) is 15.7 Å². The molecule has 2 aromatic carbocycles. The molecule has 6 heteroatoms. The zero-order valence-corrected chi connectivity index (χ0v) is 12.3. The number of rotatable bonds is 3. The summed E-state index contributed by atoms with van der Waals surface area (Å²) >= 11 is 3.26. The maximum Gasteiger partial charge on any atom is 0.255 e. The summed E-state index contributed by atoms with van der Waals surface area (Å²) in [5, 5.41) is 2.65. The highest BCUT2D eigenvalue weighted by atomic mass is 79.9. The maximum absolute atomic E-state index is 13.2. The third kappa shape index (κ3) is 3.15. The van der Waals surface area contributed by atoms with E-state index in [2.05, 4.69) is 26.7 Å². The highest BCUT2D eigenvalue weighted by Gasteiger charge is 2.10. The fourth-order valence-corrected chi connectivity index (χ4v) is 2.10. The number of carbonyl (C=O) groups is 1. The fraction of sp³-hybridized carbons (Fsp3) is 0.0714. The first-order valence-corrected chi connectivity index (χ1v) is 6.64. The van der Waals surface area contributed by atoms with E-state index in [0.717, 1.165) is 11.3 Å². The van der Waals surface area contributed by atoms with E-state index in [1.165, 1.54) is 18.2 Å². The van der Waals surface area contributed by atoms with E-state index in [9.17, 15) is 9.18 Å². The summed E-state index contributed by atoms with van der Waals surface area (Å²) in [5.74, 6) is 4.61. The largest absolute Gasteiger partial charge is 0.324 e. The van der Waals surface area contributed by atoms with Gasteiger partial charge < -0.3 is 10.7 Å². The molecule has 0 saturated carbocycles. The van der Waals surface area contributed by atoms with Gasteiger partial charge in [0.15, 0.2) is 0 Å². The molecule has 0 spiro atoms. The monoisotopic (exact) mass is 337 g/mol. The molecule has 4 nitrogen and oxygen atoms in total. The van der Waals surface area contributed by atoms with Gasteiger partial charge in [0.1, 0.15) is 5.82 Å². The second-order valence-electron chi connectivity index (χ2n) is 4.25. The Kier molecular flexibility index (Phi) is 4.36. The number of hydrazine groups is 1. The van der Waals surface area contributed by atoms with Gasteiger partial charge in [-0.05, 0) is 64.8 Å². The summed E-state index contributed by atoms with van der Waals surface area (Å²) in [6.07, 6.45) is 0. The first kappa shape index (κ1) is 14.5. The third-order valence-corrected chi connectivity index (χ3v) is 3.51. The smallest absolute Gasteiger partial charge is 0.255 e. The summed E-state index contributed by atoms with van der Waals surface area (Å²) in [7, 11) is 0. The van der Waals surface area contributed by atoms with Crippen molar-refractivity contribution < 1.29 is 9.18 Å². The van der Waals surface area contributed by atoms with Crippen molar-refractivity contribution in [1.82, 2.24) is 0 Å². The number of nitrogens with one attached hydrogen (secondary N) is 2. The molecule has 2 aromatic rings. The Labute approximate surface area is 124 Å². The molecular formula is C14H13BrFN3O. The van der Waals surface area contributed by atoms with Crippen molar-refractivity contribution in [3.05, 3.63) is 57.8 Å². The van der Waals surface area contributed by atoms with Gasteiger partial charge >= 0.3 is 0 Å². The number of aryl methyl sites for hydroxylation is 1. The SMILES string of the molecule is Cc1cc(C(=O)Nc2cc(F)ccc2Br)ccc1NN. The van der Waals surface area contributed by atoms with Crippen molar-refractivity contribution in [3.8, 4) is 0 Å². The number of anilines is 2. The second-order valence-corrected chi connectivity index (χ2v) is 5.11. The van der Waals surface area contributed by atoms with E-state index in [-0.39, 0.29) is 5.91 Å². The summed E-state index contributed by atoms with van der Waals surface area (Å²) in [6, 6.07) is 9.17. The molecule has 0 aliphatic rings. The maximum atomic E-state index is 13.2. The van der Waals surface area contributed by atoms with Crippen LogP contribution in [0.2, 0.25) is 0 Å². The molecular weight excluding hydrogens is 325 g/mol. The highest BCUT2D eigenvalue weighted by molar-refractivity contribution is 9.10. The van der Waals surface area contributed by atoms with Crippen LogP contribution in [0.25, 0.3) is 0 Å². The molecule has 0 radical (unpaired) electrons. The van der Waals surface area contributed by atoms with Crippen molar-refractivity contribution >= 4 is 33.2 Å². The molecule has 4 N–H and O–H groups in total. The average molecular weight is 338 g/mol. The number of hydrogen-bond acceptors (Lipinski definition) is 3. The van der Waals surface area contributed by atoms with Crippen LogP contribution in [-0.4, -0.2) is 5.91 Å². The Morgan fingerprint density at radius 3 is 2.60 bits per heavy atom. The van der Waals surface area contributed by atoms with Crippen LogP contribution in [0.15, 0.2) is 40.9 Å². The molecule has 0 aliphatic carbocycles. The van der Waals surface area contributed by atoms with Gasteiger partial charge in [-0.3, -0.25) is 10.6 Å². The number of hydrogen-bond donors (Lipinski definition) is 3. The Morgan fingerprint density at radius 2 is 1.95 bits per heavy atom. The highest BCUT2D eigenvalue weighted by Crippen LogP contribution is 2.24. The van der Waals surface area contributed by atoms with Gasteiger partial charge in [0, 0.05) is 10.0 Å². The molecule has 20 heavy (non-hydrogen) atoms. The minimum atomic E-state index is -0.414. The minimum Gasteiger partial charge on any atom is -0.324 e. The molecule has 0 aliphatic heterocycles. The van der Waals surface area contributed by atoms with E-state index in [1.807, 2.05) is 6.92 Å². The van der Waals surface area contributed by atoms with Crippen molar-refractivity contribution in [1.29, 1.82) is 0 Å².